The minimum Gasteiger partial charge on any atom is -0.478 e. The predicted molar refractivity (Wildman–Crippen MR) is 99.3 cm³/mol. The molecule has 6 N–H and O–H groups in total. The third kappa shape index (κ3) is 5.62. The van der Waals surface area contributed by atoms with Crippen molar-refractivity contribution in [2.45, 2.75) is 11.3 Å². The zero-order chi connectivity index (χ0) is 20.0. The molecule has 2 aromatic carbocycles. The van der Waals surface area contributed by atoms with Gasteiger partial charge in [0.05, 0.1) is 10.5 Å². The quantitative estimate of drug-likeness (QED) is 0.333. The van der Waals surface area contributed by atoms with Crippen LogP contribution in [0.3, 0.4) is 0 Å². The average Bonchev–Trinajstić information content (AvgIpc) is 2.61. The average molecular weight is 390 g/mol. The van der Waals surface area contributed by atoms with E-state index in [0.29, 0.717) is 11.3 Å². The molecule has 27 heavy (non-hydrogen) atoms. The Morgan fingerprint density at radius 1 is 1.07 bits per heavy atom. The van der Waals surface area contributed by atoms with Crippen molar-refractivity contribution < 1.29 is 23.1 Å². The molecule has 2 aromatic rings. The largest absolute Gasteiger partial charge is 0.478 e. The van der Waals surface area contributed by atoms with Gasteiger partial charge in [-0.1, -0.05) is 6.07 Å². The van der Waals surface area contributed by atoms with Gasteiger partial charge in [-0.3, -0.25) is 10.2 Å². The number of carbonyl (C=O) groups is 2. The summed E-state index contributed by atoms with van der Waals surface area (Å²) in [6.07, 6.45) is -0.137. The van der Waals surface area contributed by atoms with Gasteiger partial charge in [-0.15, -0.1) is 0 Å². The second-order valence-electron chi connectivity index (χ2n) is 5.52. The summed E-state index contributed by atoms with van der Waals surface area (Å²) in [6, 6.07) is 11.2. The van der Waals surface area contributed by atoms with Crippen molar-refractivity contribution in [2.24, 2.45) is 5.73 Å². The second kappa shape index (κ2) is 8.43. The lowest BCUT2D eigenvalue weighted by Gasteiger charge is -2.08. The van der Waals surface area contributed by atoms with E-state index in [2.05, 4.69) is 10.0 Å². The maximum Gasteiger partial charge on any atom is 0.335 e. The minimum absolute atomic E-state index is 0.0120. The van der Waals surface area contributed by atoms with Crippen molar-refractivity contribution in [1.29, 1.82) is 5.41 Å². The third-order valence-corrected chi connectivity index (χ3v) is 4.99. The molecule has 0 radical (unpaired) electrons. The highest BCUT2D eigenvalue weighted by atomic mass is 32.2. The molecule has 10 heteroatoms. The molecule has 0 fully saturated rings. The van der Waals surface area contributed by atoms with Crippen LogP contribution in [0.1, 0.15) is 22.3 Å². The molecule has 0 aliphatic rings. The number of amides is 1. The van der Waals surface area contributed by atoms with Crippen molar-refractivity contribution in [3.8, 4) is 0 Å². The summed E-state index contributed by atoms with van der Waals surface area (Å²) in [7, 11) is -3.81. The Morgan fingerprint density at radius 2 is 1.74 bits per heavy atom. The zero-order valence-corrected chi connectivity index (χ0v) is 14.9. The van der Waals surface area contributed by atoms with E-state index in [9.17, 15) is 18.0 Å². The molecule has 0 aliphatic heterocycles. The van der Waals surface area contributed by atoms with Crippen LogP contribution in [0.15, 0.2) is 53.4 Å². The van der Waals surface area contributed by atoms with E-state index in [1.807, 2.05) is 0 Å². The minimum atomic E-state index is -3.81. The molecule has 0 saturated carbocycles. The zero-order valence-electron chi connectivity index (χ0n) is 14.1. The molecule has 1 amide bonds. The molecule has 2 rings (SSSR count). The normalized spacial score (nSPS) is 11.0. The van der Waals surface area contributed by atoms with E-state index >= 15 is 0 Å². The topological polar surface area (TPSA) is 162 Å². The molecular weight excluding hydrogens is 372 g/mol. The highest BCUT2D eigenvalue weighted by molar-refractivity contribution is 7.89. The van der Waals surface area contributed by atoms with Crippen LogP contribution in [-0.2, 0) is 14.8 Å². The molecule has 0 aromatic heterocycles. The molecule has 0 aliphatic carbocycles. The molecule has 9 nitrogen and oxygen atoms in total. The number of aromatic carboxylic acids is 1. The number of nitrogen functional groups attached to an aromatic ring is 1. The van der Waals surface area contributed by atoms with Crippen LogP contribution >= 0.6 is 0 Å². The summed E-state index contributed by atoms with van der Waals surface area (Å²) < 4.78 is 26.7. The molecule has 0 heterocycles. The Labute approximate surface area is 155 Å². The lowest BCUT2D eigenvalue weighted by molar-refractivity contribution is -0.116. The number of nitrogens with one attached hydrogen (secondary N) is 3. The Balaban J connectivity index is 1.90. The standard InChI is InChI=1S/C17H18N4O5S/c18-16(19)11-4-6-14(7-5-11)27(25,26)20-9-8-15(22)21-13-3-1-2-12(10-13)17(23)24/h1-7,10,20H,8-9H2,(H3,18,19)(H,21,22)(H,23,24). The first kappa shape index (κ1) is 20.1. The first-order valence-corrected chi connectivity index (χ1v) is 9.25. The van der Waals surface area contributed by atoms with Crippen molar-refractivity contribution in [2.75, 3.05) is 11.9 Å². The summed E-state index contributed by atoms with van der Waals surface area (Å²) in [5, 5.41) is 18.7. The van der Waals surface area contributed by atoms with E-state index < -0.39 is 21.9 Å². The van der Waals surface area contributed by atoms with E-state index in [-0.39, 0.29) is 29.3 Å². The molecule has 0 unspecified atom stereocenters. The number of benzene rings is 2. The number of hydrogen-bond donors (Lipinski definition) is 5. The van der Waals surface area contributed by atoms with Crippen molar-refractivity contribution >= 4 is 33.4 Å². The van der Waals surface area contributed by atoms with Gasteiger partial charge in [0.1, 0.15) is 5.84 Å². The summed E-state index contributed by atoms with van der Waals surface area (Å²) >= 11 is 0. The second-order valence-corrected chi connectivity index (χ2v) is 7.29. The van der Waals surface area contributed by atoms with E-state index in [0.717, 1.165) is 0 Å². The summed E-state index contributed by atoms with van der Waals surface area (Å²) in [5.74, 6) is -1.75. The van der Waals surface area contributed by atoms with E-state index in [1.54, 1.807) is 0 Å². The summed E-state index contributed by atoms with van der Waals surface area (Å²) in [4.78, 5) is 22.8. The molecule has 0 bridgehead atoms. The van der Waals surface area contributed by atoms with Gasteiger partial charge in [0.25, 0.3) is 0 Å². The molecular formula is C17H18N4O5S. The van der Waals surface area contributed by atoms with Crippen molar-refractivity contribution in [3.63, 3.8) is 0 Å². The first-order chi connectivity index (χ1) is 12.7. The fraction of sp³-hybridized carbons (Fsp3) is 0.118. The van der Waals surface area contributed by atoms with Crippen LogP contribution in [0, 0.1) is 5.41 Å². The number of amidine groups is 1. The Kier molecular flexibility index (Phi) is 6.27. The number of nitrogens with two attached hydrogens (primary N) is 1. The molecule has 0 saturated heterocycles. The Hall–Kier alpha value is -3.24. The number of hydrogen-bond acceptors (Lipinski definition) is 5. The third-order valence-electron chi connectivity index (χ3n) is 3.51. The van der Waals surface area contributed by atoms with Crippen molar-refractivity contribution in [3.05, 3.63) is 59.7 Å². The van der Waals surface area contributed by atoms with Crippen molar-refractivity contribution in [1.82, 2.24) is 4.72 Å². The number of rotatable bonds is 8. The number of carboxylic acid groups (broad SMARTS) is 1. The first-order valence-electron chi connectivity index (χ1n) is 7.76. The molecule has 0 atom stereocenters. The summed E-state index contributed by atoms with van der Waals surface area (Å²) in [6.45, 7) is -0.138. The maximum atomic E-state index is 12.2. The monoisotopic (exact) mass is 390 g/mol. The fourth-order valence-corrected chi connectivity index (χ4v) is 3.18. The van der Waals surface area contributed by atoms with Gasteiger partial charge in [0, 0.05) is 24.2 Å². The number of carbonyl (C=O) groups excluding carboxylic acids is 1. The van der Waals surface area contributed by atoms with Crippen LogP contribution in [0.25, 0.3) is 0 Å². The number of carboxylic acids is 1. The number of anilines is 1. The SMILES string of the molecule is N=C(N)c1ccc(S(=O)(=O)NCCC(=O)Nc2cccc(C(=O)O)c2)cc1. The fourth-order valence-electron chi connectivity index (χ4n) is 2.15. The van der Waals surface area contributed by atoms with Gasteiger partial charge in [0.2, 0.25) is 15.9 Å². The summed E-state index contributed by atoms with van der Waals surface area (Å²) in [5.41, 5.74) is 6.05. The van der Waals surface area contributed by atoms with Gasteiger partial charge in [-0.2, -0.15) is 0 Å². The predicted octanol–water partition coefficient (Wildman–Crippen LogP) is 0.976. The van der Waals surface area contributed by atoms with Gasteiger partial charge < -0.3 is 16.2 Å². The van der Waals surface area contributed by atoms with Crippen LogP contribution in [0.5, 0.6) is 0 Å². The lowest BCUT2D eigenvalue weighted by atomic mass is 10.2. The Bertz CT molecular complexity index is 971. The van der Waals surface area contributed by atoms with E-state index in [1.165, 1.54) is 48.5 Å². The highest BCUT2D eigenvalue weighted by Gasteiger charge is 2.14. The molecule has 0 spiro atoms. The lowest BCUT2D eigenvalue weighted by Crippen LogP contribution is -2.28. The highest BCUT2D eigenvalue weighted by Crippen LogP contribution is 2.12. The Morgan fingerprint density at radius 3 is 2.33 bits per heavy atom. The van der Waals surface area contributed by atoms with Crippen LogP contribution in [0.2, 0.25) is 0 Å². The number of sulfonamides is 1. The smallest absolute Gasteiger partial charge is 0.335 e. The van der Waals surface area contributed by atoms with Crippen LogP contribution < -0.4 is 15.8 Å². The molecule has 142 valence electrons. The van der Waals surface area contributed by atoms with Crippen LogP contribution in [-0.4, -0.2) is 37.8 Å². The van der Waals surface area contributed by atoms with Gasteiger partial charge in [-0.25, -0.2) is 17.9 Å². The van der Waals surface area contributed by atoms with Gasteiger partial charge >= 0.3 is 5.97 Å². The maximum absolute atomic E-state index is 12.2. The van der Waals surface area contributed by atoms with Gasteiger partial charge in [-0.05, 0) is 42.5 Å². The van der Waals surface area contributed by atoms with E-state index in [4.69, 9.17) is 16.2 Å². The van der Waals surface area contributed by atoms with Crippen LogP contribution in [0.4, 0.5) is 5.69 Å². The van der Waals surface area contributed by atoms with Gasteiger partial charge in [0.15, 0.2) is 0 Å².